The molecule has 25 heavy (non-hydrogen) atoms. The number of nitrogens with zero attached hydrogens (tertiary/aromatic N) is 2. The molecule has 1 aromatic carbocycles. The van der Waals surface area contributed by atoms with E-state index < -0.39 is 0 Å². The quantitative estimate of drug-likeness (QED) is 0.828. The Morgan fingerprint density at radius 3 is 3.12 bits per heavy atom. The van der Waals surface area contributed by atoms with Gasteiger partial charge in [0.1, 0.15) is 5.69 Å². The Labute approximate surface area is 152 Å². The van der Waals surface area contributed by atoms with Gasteiger partial charge in [0, 0.05) is 31.4 Å². The van der Waals surface area contributed by atoms with Crippen molar-refractivity contribution >= 4 is 17.5 Å². The summed E-state index contributed by atoms with van der Waals surface area (Å²) in [7, 11) is 1.61. The third-order valence-corrected chi connectivity index (χ3v) is 4.67. The predicted octanol–water partition coefficient (Wildman–Crippen LogP) is 2.58. The molecule has 0 aliphatic carbocycles. The van der Waals surface area contributed by atoms with Crippen LogP contribution in [0.15, 0.2) is 36.5 Å². The first-order valence-corrected chi connectivity index (χ1v) is 8.87. The molecule has 0 saturated carbocycles. The van der Waals surface area contributed by atoms with E-state index in [4.69, 9.17) is 16.3 Å². The highest BCUT2D eigenvalue weighted by molar-refractivity contribution is 6.30. The van der Waals surface area contributed by atoms with Crippen LogP contribution in [-0.2, 0) is 4.74 Å². The molecule has 6 nitrogen and oxygen atoms in total. The molecule has 1 aliphatic heterocycles. The Kier molecular flexibility index (Phi) is 6.07. The Morgan fingerprint density at radius 2 is 2.40 bits per heavy atom. The second-order valence-corrected chi connectivity index (χ2v) is 6.61. The summed E-state index contributed by atoms with van der Waals surface area (Å²) in [6.45, 7) is 2.30. The Balaban J connectivity index is 1.59. The highest BCUT2D eigenvalue weighted by Gasteiger charge is 2.19. The normalized spacial score (nSPS) is 18.7. The SMILES string of the molecule is COC(CNC(=O)c1ccn(C2CCCNC2)n1)c1cccc(Cl)c1. The van der Waals surface area contributed by atoms with Crippen LogP contribution < -0.4 is 10.6 Å². The van der Waals surface area contributed by atoms with Crippen molar-refractivity contribution in [1.29, 1.82) is 0 Å². The summed E-state index contributed by atoms with van der Waals surface area (Å²) in [5.41, 5.74) is 1.35. The molecule has 1 amide bonds. The number of hydrogen-bond acceptors (Lipinski definition) is 4. The van der Waals surface area contributed by atoms with Gasteiger partial charge in [-0.15, -0.1) is 0 Å². The molecular weight excluding hydrogens is 340 g/mol. The number of aromatic nitrogens is 2. The summed E-state index contributed by atoms with van der Waals surface area (Å²) in [5, 5.41) is 11.3. The third-order valence-electron chi connectivity index (χ3n) is 4.44. The molecule has 1 saturated heterocycles. The van der Waals surface area contributed by atoms with E-state index in [9.17, 15) is 4.79 Å². The molecule has 2 atom stereocenters. The van der Waals surface area contributed by atoms with Crippen LogP contribution in [0, 0.1) is 0 Å². The summed E-state index contributed by atoms with van der Waals surface area (Å²) in [4.78, 5) is 12.4. The van der Waals surface area contributed by atoms with Crippen LogP contribution >= 0.6 is 11.6 Å². The van der Waals surface area contributed by atoms with Crippen LogP contribution in [0.4, 0.5) is 0 Å². The molecule has 0 bridgehead atoms. The predicted molar refractivity (Wildman–Crippen MR) is 96.9 cm³/mol. The van der Waals surface area contributed by atoms with E-state index in [1.165, 1.54) is 0 Å². The number of rotatable bonds is 6. The molecule has 1 aromatic heterocycles. The van der Waals surface area contributed by atoms with Crippen molar-refractivity contribution in [2.75, 3.05) is 26.7 Å². The minimum atomic E-state index is -0.257. The number of methoxy groups -OCH3 is 1. The fourth-order valence-corrected chi connectivity index (χ4v) is 3.24. The minimum Gasteiger partial charge on any atom is -0.375 e. The molecule has 0 radical (unpaired) electrons. The molecule has 1 fully saturated rings. The van der Waals surface area contributed by atoms with Gasteiger partial charge in [-0.05, 0) is 43.1 Å². The summed E-state index contributed by atoms with van der Waals surface area (Å²) >= 11 is 6.02. The lowest BCUT2D eigenvalue weighted by Crippen LogP contribution is -2.32. The number of hydrogen-bond donors (Lipinski definition) is 2. The van der Waals surface area contributed by atoms with Gasteiger partial charge in [-0.25, -0.2) is 0 Å². The molecule has 2 unspecified atom stereocenters. The molecular formula is C18H23ClN4O2. The highest BCUT2D eigenvalue weighted by atomic mass is 35.5. The number of halogens is 1. The zero-order valence-corrected chi connectivity index (χ0v) is 15.0. The molecule has 2 N–H and O–H groups in total. The number of carbonyl (C=O) groups is 1. The van der Waals surface area contributed by atoms with Gasteiger partial charge in [-0.2, -0.15) is 5.10 Å². The van der Waals surface area contributed by atoms with Crippen LogP contribution in [0.1, 0.15) is 41.0 Å². The highest BCUT2D eigenvalue weighted by Crippen LogP contribution is 2.20. The van der Waals surface area contributed by atoms with Gasteiger partial charge < -0.3 is 15.4 Å². The maximum atomic E-state index is 12.4. The van der Waals surface area contributed by atoms with E-state index in [1.54, 1.807) is 13.2 Å². The Morgan fingerprint density at radius 1 is 1.52 bits per heavy atom. The van der Waals surface area contributed by atoms with E-state index in [0.717, 1.165) is 31.5 Å². The first-order valence-electron chi connectivity index (χ1n) is 8.49. The summed E-state index contributed by atoms with van der Waals surface area (Å²) in [6, 6.07) is 9.51. The fraction of sp³-hybridized carbons (Fsp3) is 0.444. The zero-order valence-electron chi connectivity index (χ0n) is 14.2. The maximum Gasteiger partial charge on any atom is 0.271 e. The van der Waals surface area contributed by atoms with Crippen LogP contribution in [-0.4, -0.2) is 42.4 Å². The lowest BCUT2D eigenvalue weighted by atomic mass is 10.1. The number of piperidine rings is 1. The van der Waals surface area contributed by atoms with Crippen molar-refractivity contribution in [2.45, 2.75) is 25.0 Å². The van der Waals surface area contributed by atoms with E-state index in [0.29, 0.717) is 23.3 Å². The maximum absolute atomic E-state index is 12.4. The second-order valence-electron chi connectivity index (χ2n) is 6.17. The number of amides is 1. The van der Waals surface area contributed by atoms with Crippen molar-refractivity contribution < 1.29 is 9.53 Å². The van der Waals surface area contributed by atoms with Gasteiger partial charge in [-0.1, -0.05) is 23.7 Å². The second kappa shape index (κ2) is 8.47. The Hall–Kier alpha value is -1.89. The summed E-state index contributed by atoms with van der Waals surface area (Å²) < 4.78 is 7.35. The average molecular weight is 363 g/mol. The molecule has 7 heteroatoms. The molecule has 1 aliphatic rings. The van der Waals surface area contributed by atoms with Gasteiger partial charge in [0.25, 0.3) is 5.91 Å². The summed E-state index contributed by atoms with van der Waals surface area (Å²) in [5.74, 6) is -0.202. The molecule has 0 spiro atoms. The Bertz CT molecular complexity index is 713. The van der Waals surface area contributed by atoms with Gasteiger partial charge in [-0.3, -0.25) is 9.48 Å². The lowest BCUT2D eigenvalue weighted by Gasteiger charge is -2.22. The van der Waals surface area contributed by atoms with Crippen LogP contribution in [0.5, 0.6) is 0 Å². The third kappa shape index (κ3) is 4.60. The topological polar surface area (TPSA) is 68.2 Å². The van der Waals surface area contributed by atoms with Gasteiger partial charge in [0.05, 0.1) is 12.1 Å². The molecule has 2 aromatic rings. The van der Waals surface area contributed by atoms with Crippen molar-refractivity contribution in [3.8, 4) is 0 Å². The van der Waals surface area contributed by atoms with Crippen molar-refractivity contribution in [2.24, 2.45) is 0 Å². The van der Waals surface area contributed by atoms with E-state index >= 15 is 0 Å². The van der Waals surface area contributed by atoms with Crippen molar-refractivity contribution in [1.82, 2.24) is 20.4 Å². The van der Waals surface area contributed by atoms with E-state index in [1.807, 2.05) is 35.1 Å². The lowest BCUT2D eigenvalue weighted by molar-refractivity contribution is 0.0823. The largest absolute Gasteiger partial charge is 0.375 e. The van der Waals surface area contributed by atoms with Crippen LogP contribution in [0.2, 0.25) is 5.02 Å². The first-order chi connectivity index (χ1) is 12.2. The zero-order chi connectivity index (χ0) is 17.6. The molecule has 3 rings (SSSR count). The fourth-order valence-electron chi connectivity index (χ4n) is 3.04. The van der Waals surface area contributed by atoms with Crippen molar-refractivity contribution in [3.05, 3.63) is 52.8 Å². The van der Waals surface area contributed by atoms with Gasteiger partial charge in [0.15, 0.2) is 0 Å². The number of carbonyl (C=O) groups excluding carboxylic acids is 1. The van der Waals surface area contributed by atoms with Gasteiger partial charge in [0.2, 0.25) is 0 Å². The molecule has 134 valence electrons. The van der Waals surface area contributed by atoms with Gasteiger partial charge >= 0.3 is 0 Å². The number of nitrogens with one attached hydrogen (secondary N) is 2. The van der Waals surface area contributed by atoms with E-state index in [2.05, 4.69) is 15.7 Å². The van der Waals surface area contributed by atoms with Crippen molar-refractivity contribution in [3.63, 3.8) is 0 Å². The molecule has 2 heterocycles. The number of ether oxygens (including phenoxy) is 1. The monoisotopic (exact) mass is 362 g/mol. The smallest absolute Gasteiger partial charge is 0.271 e. The average Bonchev–Trinajstić information content (AvgIpc) is 3.13. The minimum absolute atomic E-state index is 0.202. The standard InChI is InChI=1S/C18H23ClN4O2/c1-25-17(13-4-2-5-14(19)10-13)12-21-18(24)16-7-9-23(22-16)15-6-3-8-20-11-15/h2,4-5,7,9-10,15,17,20H,3,6,8,11-12H2,1H3,(H,21,24). The van der Waals surface area contributed by atoms with Crippen LogP contribution in [0.3, 0.4) is 0 Å². The number of benzene rings is 1. The first kappa shape index (κ1) is 17.9. The van der Waals surface area contributed by atoms with Crippen LogP contribution in [0.25, 0.3) is 0 Å². The van der Waals surface area contributed by atoms with E-state index in [-0.39, 0.29) is 12.0 Å². The summed E-state index contributed by atoms with van der Waals surface area (Å²) in [6.07, 6.45) is 3.82.